The SMILES string of the molecule is O=C1NCCC=C2C=CN=C12. The first-order chi connectivity index (χ1) is 5.38. The summed E-state index contributed by atoms with van der Waals surface area (Å²) in [6.07, 6.45) is 6.44. The zero-order valence-electron chi connectivity index (χ0n) is 6.00. The predicted octanol–water partition coefficient (Wildman–Crippen LogP) is 0.401. The molecule has 0 saturated heterocycles. The number of carbonyl (C=O) groups excluding carboxylic acids is 1. The highest BCUT2D eigenvalue weighted by Crippen LogP contribution is 2.11. The highest BCUT2D eigenvalue weighted by molar-refractivity contribution is 6.47. The lowest BCUT2D eigenvalue weighted by Gasteiger charge is -1.97. The zero-order chi connectivity index (χ0) is 7.68. The van der Waals surface area contributed by atoms with Crippen LogP contribution in [0, 0.1) is 0 Å². The maximum atomic E-state index is 11.2. The smallest absolute Gasteiger partial charge is 0.270 e. The summed E-state index contributed by atoms with van der Waals surface area (Å²) in [5.74, 6) is -0.0567. The third-order valence-corrected chi connectivity index (χ3v) is 1.74. The number of fused-ring (bicyclic) bond motifs is 1. The molecule has 2 rings (SSSR count). The lowest BCUT2D eigenvalue weighted by molar-refractivity contribution is -0.114. The van der Waals surface area contributed by atoms with Crippen LogP contribution in [0.2, 0.25) is 0 Å². The molecule has 0 spiro atoms. The van der Waals surface area contributed by atoms with Crippen LogP contribution in [0.4, 0.5) is 0 Å². The van der Waals surface area contributed by atoms with E-state index in [9.17, 15) is 4.79 Å². The fourth-order valence-corrected chi connectivity index (χ4v) is 1.20. The van der Waals surface area contributed by atoms with Gasteiger partial charge in [-0.25, -0.2) is 0 Å². The van der Waals surface area contributed by atoms with E-state index < -0.39 is 0 Å². The molecule has 0 aromatic carbocycles. The lowest BCUT2D eigenvalue weighted by atomic mass is 10.1. The van der Waals surface area contributed by atoms with Gasteiger partial charge in [0.1, 0.15) is 5.71 Å². The van der Waals surface area contributed by atoms with Gasteiger partial charge >= 0.3 is 0 Å². The molecule has 0 radical (unpaired) electrons. The topological polar surface area (TPSA) is 41.5 Å². The minimum Gasteiger partial charge on any atom is -0.350 e. The Morgan fingerprint density at radius 3 is 3.36 bits per heavy atom. The molecule has 2 aliphatic rings. The summed E-state index contributed by atoms with van der Waals surface area (Å²) in [7, 11) is 0. The molecule has 2 aliphatic heterocycles. The van der Waals surface area contributed by atoms with Crippen LogP contribution < -0.4 is 5.32 Å². The molecular weight excluding hydrogens is 140 g/mol. The van der Waals surface area contributed by atoms with Gasteiger partial charge in [0.05, 0.1) is 0 Å². The average molecular weight is 148 g/mol. The van der Waals surface area contributed by atoms with Gasteiger partial charge in [0.15, 0.2) is 0 Å². The van der Waals surface area contributed by atoms with Crippen LogP contribution in [-0.4, -0.2) is 18.2 Å². The predicted molar refractivity (Wildman–Crippen MR) is 42.3 cm³/mol. The van der Waals surface area contributed by atoms with Crippen LogP contribution in [0.1, 0.15) is 6.42 Å². The van der Waals surface area contributed by atoms with E-state index in [1.165, 1.54) is 0 Å². The van der Waals surface area contributed by atoms with Gasteiger partial charge in [-0.3, -0.25) is 9.79 Å². The highest BCUT2D eigenvalue weighted by Gasteiger charge is 2.18. The van der Waals surface area contributed by atoms with Crippen molar-refractivity contribution in [2.75, 3.05) is 6.54 Å². The Labute approximate surface area is 64.5 Å². The molecule has 0 bridgehead atoms. The van der Waals surface area contributed by atoms with E-state index in [-0.39, 0.29) is 5.91 Å². The Kier molecular flexibility index (Phi) is 1.35. The molecule has 1 amide bonds. The molecule has 0 aromatic rings. The van der Waals surface area contributed by atoms with Gasteiger partial charge in [0.25, 0.3) is 5.91 Å². The van der Waals surface area contributed by atoms with E-state index in [1.54, 1.807) is 6.20 Å². The van der Waals surface area contributed by atoms with E-state index >= 15 is 0 Å². The number of allylic oxidation sites excluding steroid dienone is 1. The molecule has 0 atom stereocenters. The number of rotatable bonds is 0. The van der Waals surface area contributed by atoms with Crippen LogP contribution in [0.25, 0.3) is 0 Å². The quantitative estimate of drug-likeness (QED) is 0.530. The Balaban J connectivity index is 2.39. The molecule has 2 heterocycles. The second-order valence-electron chi connectivity index (χ2n) is 2.50. The van der Waals surface area contributed by atoms with Crippen molar-refractivity contribution < 1.29 is 4.79 Å². The Morgan fingerprint density at radius 1 is 1.55 bits per heavy atom. The van der Waals surface area contributed by atoms with Gasteiger partial charge in [-0.1, -0.05) is 6.08 Å². The minimum atomic E-state index is -0.0567. The molecule has 0 unspecified atom stereocenters. The van der Waals surface area contributed by atoms with E-state index in [4.69, 9.17) is 0 Å². The van der Waals surface area contributed by atoms with Gasteiger partial charge in [0.2, 0.25) is 0 Å². The first-order valence-electron chi connectivity index (χ1n) is 3.61. The van der Waals surface area contributed by atoms with Crippen molar-refractivity contribution in [3.63, 3.8) is 0 Å². The summed E-state index contributed by atoms with van der Waals surface area (Å²) in [6.45, 7) is 0.717. The largest absolute Gasteiger partial charge is 0.350 e. The minimum absolute atomic E-state index is 0.0567. The summed E-state index contributed by atoms with van der Waals surface area (Å²) in [5, 5.41) is 2.75. The van der Waals surface area contributed by atoms with Crippen molar-refractivity contribution in [3.05, 3.63) is 23.9 Å². The van der Waals surface area contributed by atoms with E-state index in [1.807, 2.05) is 12.2 Å². The molecule has 0 fully saturated rings. The van der Waals surface area contributed by atoms with Gasteiger partial charge in [-0.15, -0.1) is 0 Å². The van der Waals surface area contributed by atoms with Crippen LogP contribution in [0.3, 0.4) is 0 Å². The van der Waals surface area contributed by atoms with Gasteiger partial charge in [-0.2, -0.15) is 0 Å². The molecule has 3 heteroatoms. The van der Waals surface area contributed by atoms with Gasteiger partial charge in [0, 0.05) is 18.3 Å². The van der Waals surface area contributed by atoms with Gasteiger partial charge < -0.3 is 5.32 Å². The Morgan fingerprint density at radius 2 is 2.45 bits per heavy atom. The summed E-state index contributed by atoms with van der Waals surface area (Å²) < 4.78 is 0. The molecular formula is C8H8N2O. The number of aliphatic imine (C=N–C) groups is 1. The van der Waals surface area contributed by atoms with E-state index in [0.29, 0.717) is 5.71 Å². The monoisotopic (exact) mass is 148 g/mol. The Bertz CT molecular complexity index is 286. The summed E-state index contributed by atoms with van der Waals surface area (Å²) >= 11 is 0. The van der Waals surface area contributed by atoms with Crippen molar-refractivity contribution in [3.8, 4) is 0 Å². The van der Waals surface area contributed by atoms with E-state index in [0.717, 1.165) is 18.5 Å². The standard InChI is InChI=1S/C8H8N2O/c11-8-7-6(3-5-9-7)2-1-4-10-8/h2-3,5H,1,4H2,(H,10,11). The number of hydrogen-bond acceptors (Lipinski definition) is 2. The normalized spacial score (nSPS) is 21.6. The van der Waals surface area contributed by atoms with Crippen LogP contribution in [0.5, 0.6) is 0 Å². The second-order valence-corrected chi connectivity index (χ2v) is 2.50. The van der Waals surface area contributed by atoms with Crippen molar-refractivity contribution in [1.82, 2.24) is 5.32 Å². The molecule has 0 saturated carbocycles. The molecule has 1 N–H and O–H groups in total. The van der Waals surface area contributed by atoms with Gasteiger partial charge in [-0.05, 0) is 12.5 Å². The number of carbonyl (C=O) groups is 1. The van der Waals surface area contributed by atoms with Crippen molar-refractivity contribution >= 4 is 11.6 Å². The van der Waals surface area contributed by atoms with Crippen LogP contribution in [0.15, 0.2) is 28.9 Å². The van der Waals surface area contributed by atoms with Crippen molar-refractivity contribution in [2.45, 2.75) is 6.42 Å². The Hall–Kier alpha value is -1.38. The molecule has 0 aromatic heterocycles. The number of nitrogens with one attached hydrogen (secondary N) is 1. The molecule has 3 nitrogen and oxygen atoms in total. The molecule has 56 valence electrons. The summed E-state index contributed by atoms with van der Waals surface area (Å²) in [5.41, 5.74) is 1.52. The molecule has 11 heavy (non-hydrogen) atoms. The number of nitrogens with zero attached hydrogens (tertiary/aromatic N) is 1. The fourth-order valence-electron chi connectivity index (χ4n) is 1.20. The maximum absolute atomic E-state index is 11.2. The highest BCUT2D eigenvalue weighted by atomic mass is 16.1. The van der Waals surface area contributed by atoms with Crippen molar-refractivity contribution in [1.29, 1.82) is 0 Å². The first kappa shape index (κ1) is 6.34. The third kappa shape index (κ3) is 0.981. The van der Waals surface area contributed by atoms with Crippen LogP contribution >= 0.6 is 0 Å². The summed E-state index contributed by atoms with van der Waals surface area (Å²) in [4.78, 5) is 15.1. The lowest BCUT2D eigenvalue weighted by Crippen LogP contribution is -2.29. The zero-order valence-corrected chi connectivity index (χ0v) is 6.00. The second kappa shape index (κ2) is 2.34. The van der Waals surface area contributed by atoms with E-state index in [2.05, 4.69) is 10.3 Å². The number of amides is 1. The fraction of sp³-hybridized carbons (Fsp3) is 0.250. The third-order valence-electron chi connectivity index (χ3n) is 1.74. The first-order valence-corrected chi connectivity index (χ1v) is 3.61. The number of hydrogen-bond donors (Lipinski definition) is 1. The maximum Gasteiger partial charge on any atom is 0.270 e. The van der Waals surface area contributed by atoms with Crippen molar-refractivity contribution in [2.24, 2.45) is 4.99 Å². The van der Waals surface area contributed by atoms with Crippen LogP contribution in [-0.2, 0) is 4.79 Å². The summed E-state index contributed by atoms with van der Waals surface area (Å²) in [6, 6.07) is 0. The molecule has 0 aliphatic carbocycles. The average Bonchev–Trinajstić information content (AvgIpc) is 2.40.